The van der Waals surface area contributed by atoms with E-state index in [1.165, 1.54) is 11.1 Å². The molecule has 0 saturated carbocycles. The molecule has 0 bridgehead atoms. The van der Waals surface area contributed by atoms with E-state index in [2.05, 4.69) is 58.5 Å². The van der Waals surface area contributed by atoms with Crippen LogP contribution >= 0.6 is 0 Å². The zero-order chi connectivity index (χ0) is 18.6. The van der Waals surface area contributed by atoms with E-state index in [4.69, 9.17) is 0 Å². The molecule has 0 aliphatic carbocycles. The third-order valence-electron chi connectivity index (χ3n) is 4.59. The van der Waals surface area contributed by atoms with Crippen molar-refractivity contribution in [1.82, 2.24) is 0 Å². The van der Waals surface area contributed by atoms with Gasteiger partial charge in [0.15, 0.2) is 0 Å². The molecule has 0 saturated heterocycles. The highest BCUT2D eigenvalue weighted by Crippen LogP contribution is 2.34. The Hall–Kier alpha value is -2.35. The van der Waals surface area contributed by atoms with Crippen LogP contribution in [0.15, 0.2) is 48.6 Å². The van der Waals surface area contributed by atoms with Crippen molar-refractivity contribution in [2.45, 2.75) is 53.9 Å². The lowest BCUT2D eigenvalue weighted by Crippen LogP contribution is -2.27. The maximum atomic E-state index is 13.2. The molecule has 1 amide bonds. The fraction of sp³-hybridized carbons (Fsp3) is 0.348. The molecular formula is C23H29NO. The summed E-state index contributed by atoms with van der Waals surface area (Å²) in [6, 6.07) is 12.5. The topological polar surface area (TPSA) is 20.3 Å². The number of aryl methyl sites for hydroxylation is 4. The van der Waals surface area contributed by atoms with Gasteiger partial charge in [-0.2, -0.15) is 0 Å². The van der Waals surface area contributed by atoms with Crippen LogP contribution < -0.4 is 4.90 Å². The molecule has 0 fully saturated rings. The van der Waals surface area contributed by atoms with E-state index in [0.717, 1.165) is 40.9 Å². The number of hydrogen-bond donors (Lipinski definition) is 0. The number of nitrogens with zero attached hydrogens (tertiary/aromatic N) is 1. The molecule has 25 heavy (non-hydrogen) atoms. The highest BCUT2D eigenvalue weighted by atomic mass is 16.2. The van der Waals surface area contributed by atoms with Gasteiger partial charge < -0.3 is 0 Å². The van der Waals surface area contributed by atoms with Gasteiger partial charge in [0.25, 0.3) is 0 Å². The first kappa shape index (κ1) is 19.0. The van der Waals surface area contributed by atoms with Crippen LogP contribution in [0, 0.1) is 20.8 Å². The van der Waals surface area contributed by atoms with Crippen LogP contribution in [0.5, 0.6) is 0 Å². The molecule has 0 spiro atoms. The van der Waals surface area contributed by atoms with E-state index in [-0.39, 0.29) is 5.91 Å². The third kappa shape index (κ3) is 4.39. The van der Waals surface area contributed by atoms with Gasteiger partial charge in [-0.1, -0.05) is 55.8 Å². The fourth-order valence-corrected chi connectivity index (χ4v) is 3.26. The molecule has 2 rings (SSSR count). The SMILES string of the molecule is C=C(CC)CC(=O)N(c1cccc(CC)c1)c1c(C)cc(C)cc1C. The van der Waals surface area contributed by atoms with Crippen LogP contribution in [0.4, 0.5) is 11.4 Å². The minimum atomic E-state index is 0.0788. The van der Waals surface area contributed by atoms with E-state index in [1.54, 1.807) is 0 Å². The Labute approximate surface area is 152 Å². The highest BCUT2D eigenvalue weighted by molar-refractivity contribution is 6.03. The van der Waals surface area contributed by atoms with E-state index >= 15 is 0 Å². The lowest BCUT2D eigenvalue weighted by atomic mass is 10.0. The molecule has 2 aromatic carbocycles. The summed E-state index contributed by atoms with van der Waals surface area (Å²) in [5, 5.41) is 0. The fourth-order valence-electron chi connectivity index (χ4n) is 3.26. The molecule has 2 heteroatoms. The number of amides is 1. The van der Waals surface area contributed by atoms with Crippen LogP contribution in [0.3, 0.4) is 0 Å². The van der Waals surface area contributed by atoms with Crippen LogP contribution in [0.2, 0.25) is 0 Å². The van der Waals surface area contributed by atoms with Crippen molar-refractivity contribution >= 4 is 17.3 Å². The second-order valence-corrected chi connectivity index (χ2v) is 6.78. The normalized spacial score (nSPS) is 10.6. The average Bonchev–Trinajstić information content (AvgIpc) is 2.57. The van der Waals surface area contributed by atoms with Gasteiger partial charge in [-0.15, -0.1) is 0 Å². The van der Waals surface area contributed by atoms with Crippen molar-refractivity contribution in [2.75, 3.05) is 4.90 Å². The number of carbonyl (C=O) groups excluding carboxylic acids is 1. The average molecular weight is 335 g/mol. The first-order valence-electron chi connectivity index (χ1n) is 9.03. The Morgan fingerprint density at radius 1 is 1.04 bits per heavy atom. The molecule has 132 valence electrons. The first-order valence-corrected chi connectivity index (χ1v) is 9.03. The van der Waals surface area contributed by atoms with Crippen molar-refractivity contribution in [1.29, 1.82) is 0 Å². The summed E-state index contributed by atoms with van der Waals surface area (Å²) in [4.78, 5) is 15.0. The van der Waals surface area contributed by atoms with Gasteiger partial charge in [-0.3, -0.25) is 9.69 Å². The minimum absolute atomic E-state index is 0.0788. The molecular weight excluding hydrogens is 306 g/mol. The number of rotatable bonds is 6. The Morgan fingerprint density at radius 2 is 1.68 bits per heavy atom. The van der Waals surface area contributed by atoms with Gasteiger partial charge >= 0.3 is 0 Å². The summed E-state index contributed by atoms with van der Waals surface area (Å²) in [5.74, 6) is 0.0788. The second kappa shape index (κ2) is 8.15. The van der Waals surface area contributed by atoms with Gasteiger partial charge in [0.05, 0.1) is 5.69 Å². The predicted octanol–water partition coefficient (Wildman–Crippen LogP) is 6.20. The van der Waals surface area contributed by atoms with Crippen LogP contribution in [-0.4, -0.2) is 5.91 Å². The zero-order valence-corrected chi connectivity index (χ0v) is 16.1. The molecule has 0 radical (unpaired) electrons. The van der Waals surface area contributed by atoms with E-state index in [0.29, 0.717) is 6.42 Å². The molecule has 2 aromatic rings. The molecule has 0 aromatic heterocycles. The number of benzene rings is 2. The molecule has 0 N–H and O–H groups in total. The van der Waals surface area contributed by atoms with Crippen molar-refractivity contribution in [3.63, 3.8) is 0 Å². The van der Waals surface area contributed by atoms with Crippen molar-refractivity contribution < 1.29 is 4.79 Å². The van der Waals surface area contributed by atoms with Crippen molar-refractivity contribution in [3.05, 3.63) is 70.8 Å². The summed E-state index contributed by atoms with van der Waals surface area (Å²) >= 11 is 0. The summed E-state index contributed by atoms with van der Waals surface area (Å²) in [5.41, 5.74) is 7.57. The predicted molar refractivity (Wildman–Crippen MR) is 108 cm³/mol. The van der Waals surface area contributed by atoms with Crippen molar-refractivity contribution in [2.24, 2.45) is 0 Å². The van der Waals surface area contributed by atoms with Crippen molar-refractivity contribution in [3.8, 4) is 0 Å². The summed E-state index contributed by atoms with van der Waals surface area (Å²) in [6.45, 7) is 14.4. The van der Waals surface area contributed by atoms with E-state index in [9.17, 15) is 4.79 Å². The lowest BCUT2D eigenvalue weighted by Gasteiger charge is -2.27. The van der Waals surface area contributed by atoms with Crippen LogP contribution in [-0.2, 0) is 11.2 Å². The minimum Gasteiger partial charge on any atom is -0.280 e. The summed E-state index contributed by atoms with van der Waals surface area (Å²) in [6.07, 6.45) is 2.14. The monoisotopic (exact) mass is 335 g/mol. The van der Waals surface area contributed by atoms with Gasteiger partial charge in [0, 0.05) is 12.1 Å². The Bertz CT molecular complexity index is 765. The Kier molecular flexibility index (Phi) is 6.19. The molecule has 0 atom stereocenters. The maximum absolute atomic E-state index is 13.2. The standard InChI is InChI=1S/C23H29NO/c1-7-16(3)14-22(25)24(21-11-9-10-20(8-2)15-21)23-18(5)12-17(4)13-19(23)6/h9-13,15H,3,7-8,14H2,1-2,4-6H3. The van der Waals surface area contributed by atoms with Gasteiger partial charge in [0.2, 0.25) is 5.91 Å². The van der Waals surface area contributed by atoms with Crippen LogP contribution in [0.25, 0.3) is 0 Å². The number of hydrogen-bond acceptors (Lipinski definition) is 1. The largest absolute Gasteiger partial charge is 0.280 e. The Morgan fingerprint density at radius 3 is 2.24 bits per heavy atom. The van der Waals surface area contributed by atoms with Crippen LogP contribution in [0.1, 0.15) is 48.9 Å². The first-order chi connectivity index (χ1) is 11.9. The summed E-state index contributed by atoms with van der Waals surface area (Å²) < 4.78 is 0. The Balaban J connectivity index is 2.60. The number of anilines is 2. The second-order valence-electron chi connectivity index (χ2n) is 6.78. The zero-order valence-electron chi connectivity index (χ0n) is 16.1. The van der Waals surface area contributed by atoms with Gasteiger partial charge in [0.1, 0.15) is 0 Å². The third-order valence-corrected chi connectivity index (χ3v) is 4.59. The maximum Gasteiger partial charge on any atom is 0.235 e. The highest BCUT2D eigenvalue weighted by Gasteiger charge is 2.22. The number of carbonyl (C=O) groups is 1. The summed E-state index contributed by atoms with van der Waals surface area (Å²) in [7, 11) is 0. The quantitative estimate of drug-likeness (QED) is 0.576. The van der Waals surface area contributed by atoms with E-state index < -0.39 is 0 Å². The lowest BCUT2D eigenvalue weighted by molar-refractivity contribution is -0.117. The molecule has 2 nitrogen and oxygen atoms in total. The molecule has 0 unspecified atom stereocenters. The smallest absolute Gasteiger partial charge is 0.235 e. The molecule has 0 heterocycles. The molecule has 0 aliphatic rings. The van der Waals surface area contributed by atoms with Gasteiger partial charge in [-0.05, 0) is 62.4 Å². The van der Waals surface area contributed by atoms with Gasteiger partial charge in [-0.25, -0.2) is 0 Å². The van der Waals surface area contributed by atoms with E-state index in [1.807, 2.05) is 24.0 Å². The molecule has 0 aliphatic heterocycles.